The average molecular weight is 349 g/mol. The zero-order chi connectivity index (χ0) is 17.2. The molecule has 0 aliphatic heterocycles. The largest absolute Gasteiger partial charge is 0.455 e. The van der Waals surface area contributed by atoms with Crippen LogP contribution in [0.15, 0.2) is 54.0 Å². The van der Waals surface area contributed by atoms with Crippen LogP contribution in [-0.4, -0.2) is 20.9 Å². The van der Waals surface area contributed by atoms with Gasteiger partial charge in [-0.3, -0.25) is 4.98 Å². The Morgan fingerprint density at radius 3 is 2.88 bits per heavy atom. The molecule has 0 radical (unpaired) electrons. The number of carbonyl (C=O) groups is 1. The molecule has 0 bridgehead atoms. The lowest BCUT2D eigenvalue weighted by Gasteiger charge is -2.03. The first kappa shape index (κ1) is 15.5. The number of rotatable bonds is 4. The Balaban J connectivity index is 1.51. The molecular formula is C19H15N3O2S. The van der Waals surface area contributed by atoms with Crippen molar-refractivity contribution < 1.29 is 9.53 Å². The highest BCUT2D eigenvalue weighted by molar-refractivity contribution is 7.13. The van der Waals surface area contributed by atoms with E-state index in [9.17, 15) is 4.79 Å². The SMILES string of the molecule is Cc1[nH]c2ccccc2c1C(=O)OCc1csc(-c2ccccn2)n1. The van der Waals surface area contributed by atoms with Gasteiger partial charge in [0.1, 0.15) is 11.6 Å². The van der Waals surface area contributed by atoms with Crippen LogP contribution >= 0.6 is 11.3 Å². The monoisotopic (exact) mass is 349 g/mol. The van der Waals surface area contributed by atoms with Gasteiger partial charge in [-0.25, -0.2) is 9.78 Å². The van der Waals surface area contributed by atoms with Gasteiger partial charge in [0.25, 0.3) is 0 Å². The van der Waals surface area contributed by atoms with Crippen molar-refractivity contribution in [2.24, 2.45) is 0 Å². The van der Waals surface area contributed by atoms with Gasteiger partial charge in [-0.05, 0) is 25.1 Å². The summed E-state index contributed by atoms with van der Waals surface area (Å²) in [4.78, 5) is 24.5. The van der Waals surface area contributed by atoms with E-state index < -0.39 is 0 Å². The second-order valence-corrected chi connectivity index (χ2v) is 6.46. The molecule has 1 N–H and O–H groups in total. The number of nitrogens with zero attached hydrogens (tertiary/aromatic N) is 2. The van der Waals surface area contributed by atoms with E-state index in [0.29, 0.717) is 5.56 Å². The maximum Gasteiger partial charge on any atom is 0.340 e. The van der Waals surface area contributed by atoms with Crippen LogP contribution < -0.4 is 0 Å². The molecule has 4 aromatic rings. The van der Waals surface area contributed by atoms with E-state index in [1.807, 2.05) is 54.8 Å². The van der Waals surface area contributed by atoms with Gasteiger partial charge < -0.3 is 9.72 Å². The zero-order valence-corrected chi connectivity index (χ0v) is 14.3. The number of ether oxygens (including phenoxy) is 1. The molecule has 4 rings (SSSR count). The molecule has 124 valence electrons. The lowest BCUT2D eigenvalue weighted by Crippen LogP contribution is -2.06. The van der Waals surface area contributed by atoms with Crippen molar-refractivity contribution in [1.29, 1.82) is 0 Å². The van der Waals surface area contributed by atoms with Crippen LogP contribution in [0.25, 0.3) is 21.6 Å². The summed E-state index contributed by atoms with van der Waals surface area (Å²) in [7, 11) is 0. The zero-order valence-electron chi connectivity index (χ0n) is 13.5. The fraction of sp³-hybridized carbons (Fsp3) is 0.105. The van der Waals surface area contributed by atoms with E-state index in [1.165, 1.54) is 11.3 Å². The van der Waals surface area contributed by atoms with Gasteiger partial charge in [-0.15, -0.1) is 11.3 Å². The third-order valence-corrected chi connectivity index (χ3v) is 4.80. The molecule has 0 saturated heterocycles. The number of fused-ring (bicyclic) bond motifs is 1. The lowest BCUT2D eigenvalue weighted by molar-refractivity contribution is 0.0470. The number of H-pyrrole nitrogens is 1. The van der Waals surface area contributed by atoms with Gasteiger partial charge in [-0.2, -0.15) is 0 Å². The number of aromatic amines is 1. The highest BCUT2D eigenvalue weighted by Crippen LogP contribution is 2.24. The van der Waals surface area contributed by atoms with E-state index in [1.54, 1.807) is 6.20 Å². The number of carbonyl (C=O) groups excluding carboxylic acids is 1. The Labute approximate surface area is 148 Å². The molecular weight excluding hydrogens is 334 g/mol. The van der Waals surface area contributed by atoms with Crippen molar-refractivity contribution in [3.05, 3.63) is 71.0 Å². The Morgan fingerprint density at radius 1 is 1.20 bits per heavy atom. The van der Waals surface area contributed by atoms with Gasteiger partial charge in [0.15, 0.2) is 0 Å². The predicted octanol–water partition coefficient (Wildman–Crippen LogP) is 4.35. The fourth-order valence-corrected chi connectivity index (χ4v) is 3.51. The number of para-hydroxylation sites is 1. The van der Waals surface area contributed by atoms with Crippen LogP contribution in [0, 0.1) is 6.92 Å². The van der Waals surface area contributed by atoms with Crippen molar-refractivity contribution in [3.8, 4) is 10.7 Å². The minimum atomic E-state index is -0.345. The van der Waals surface area contributed by atoms with E-state index >= 15 is 0 Å². The number of esters is 1. The summed E-state index contributed by atoms with van der Waals surface area (Å²) in [5.74, 6) is -0.345. The number of nitrogens with one attached hydrogen (secondary N) is 1. The minimum Gasteiger partial charge on any atom is -0.455 e. The Kier molecular flexibility index (Phi) is 4.03. The fourth-order valence-electron chi connectivity index (χ4n) is 2.73. The average Bonchev–Trinajstić information content (AvgIpc) is 3.24. The van der Waals surface area contributed by atoms with E-state index in [2.05, 4.69) is 15.0 Å². The topological polar surface area (TPSA) is 67.9 Å². The van der Waals surface area contributed by atoms with Crippen LogP contribution in [-0.2, 0) is 11.3 Å². The Hall–Kier alpha value is -2.99. The second-order valence-electron chi connectivity index (χ2n) is 5.61. The number of pyridine rings is 1. The Morgan fingerprint density at radius 2 is 2.04 bits per heavy atom. The van der Waals surface area contributed by atoms with Gasteiger partial charge in [0, 0.05) is 28.2 Å². The van der Waals surface area contributed by atoms with Crippen molar-refractivity contribution in [1.82, 2.24) is 15.0 Å². The maximum absolute atomic E-state index is 12.5. The lowest BCUT2D eigenvalue weighted by atomic mass is 10.1. The third kappa shape index (κ3) is 3.04. The summed E-state index contributed by atoms with van der Waals surface area (Å²) >= 11 is 1.49. The molecule has 0 unspecified atom stereocenters. The number of hydrogen-bond donors (Lipinski definition) is 1. The molecule has 6 heteroatoms. The Bertz CT molecular complexity index is 1040. The van der Waals surface area contributed by atoms with E-state index in [4.69, 9.17) is 4.74 Å². The number of thiazole rings is 1. The van der Waals surface area contributed by atoms with Gasteiger partial charge in [-0.1, -0.05) is 24.3 Å². The quantitative estimate of drug-likeness (QED) is 0.556. The number of hydrogen-bond acceptors (Lipinski definition) is 5. The molecule has 0 atom stereocenters. The first-order chi connectivity index (χ1) is 12.2. The van der Waals surface area contributed by atoms with Crippen LogP contribution in [0.1, 0.15) is 21.7 Å². The molecule has 0 spiro atoms. The summed E-state index contributed by atoms with van der Waals surface area (Å²) in [5.41, 5.74) is 3.85. The first-order valence-electron chi connectivity index (χ1n) is 7.82. The van der Waals surface area contributed by atoms with Gasteiger partial charge in [0.05, 0.1) is 17.0 Å². The van der Waals surface area contributed by atoms with Crippen LogP contribution in [0.5, 0.6) is 0 Å². The predicted molar refractivity (Wildman–Crippen MR) is 97.5 cm³/mol. The molecule has 0 fully saturated rings. The minimum absolute atomic E-state index is 0.140. The first-order valence-corrected chi connectivity index (χ1v) is 8.70. The molecule has 0 aliphatic rings. The second kappa shape index (κ2) is 6.49. The standard InChI is InChI=1S/C19H15N3O2S/c1-12-17(14-6-2-3-7-15(14)21-12)19(23)24-10-13-11-25-18(22-13)16-8-4-5-9-20-16/h2-9,11,21H,10H2,1H3. The van der Waals surface area contributed by atoms with Crippen LogP contribution in [0.4, 0.5) is 0 Å². The summed E-state index contributed by atoms with van der Waals surface area (Å²) in [6.07, 6.45) is 1.73. The van der Waals surface area contributed by atoms with Crippen LogP contribution in [0.3, 0.4) is 0 Å². The number of benzene rings is 1. The third-order valence-electron chi connectivity index (χ3n) is 3.88. The van der Waals surface area contributed by atoms with Gasteiger partial charge >= 0.3 is 5.97 Å². The molecule has 0 amide bonds. The van der Waals surface area contributed by atoms with Crippen molar-refractivity contribution in [2.75, 3.05) is 0 Å². The highest BCUT2D eigenvalue weighted by Gasteiger charge is 2.17. The summed E-state index contributed by atoms with van der Waals surface area (Å²) in [6.45, 7) is 2.01. The van der Waals surface area contributed by atoms with Crippen molar-refractivity contribution in [3.63, 3.8) is 0 Å². The highest BCUT2D eigenvalue weighted by atomic mass is 32.1. The van der Waals surface area contributed by atoms with Gasteiger partial charge in [0.2, 0.25) is 0 Å². The molecule has 0 aliphatic carbocycles. The summed E-state index contributed by atoms with van der Waals surface area (Å²) in [6, 6.07) is 13.4. The summed E-state index contributed by atoms with van der Waals surface area (Å²) in [5, 5.41) is 3.58. The molecule has 5 nitrogen and oxygen atoms in total. The normalized spacial score (nSPS) is 10.9. The molecule has 25 heavy (non-hydrogen) atoms. The summed E-state index contributed by atoms with van der Waals surface area (Å²) < 4.78 is 5.48. The van der Waals surface area contributed by atoms with Crippen molar-refractivity contribution >= 4 is 28.2 Å². The molecule has 0 saturated carbocycles. The maximum atomic E-state index is 12.5. The van der Waals surface area contributed by atoms with Crippen molar-refractivity contribution in [2.45, 2.75) is 13.5 Å². The van der Waals surface area contributed by atoms with Crippen LogP contribution in [0.2, 0.25) is 0 Å². The smallest absolute Gasteiger partial charge is 0.340 e. The number of aryl methyl sites for hydroxylation is 1. The molecule has 3 heterocycles. The van der Waals surface area contributed by atoms with E-state index in [0.717, 1.165) is 33.0 Å². The number of aromatic nitrogens is 3. The molecule has 3 aromatic heterocycles. The van der Waals surface area contributed by atoms with E-state index in [-0.39, 0.29) is 12.6 Å². The molecule has 1 aromatic carbocycles.